The van der Waals surface area contributed by atoms with Gasteiger partial charge in [0.05, 0.1) is 53.1 Å². The first-order valence-corrected chi connectivity index (χ1v) is 13.5. The number of rotatable bonds is 7. The Hall–Kier alpha value is -2.77. The Morgan fingerprint density at radius 3 is 2.54 bits per heavy atom. The highest BCUT2D eigenvalue weighted by molar-refractivity contribution is 7.84. The molecule has 1 unspecified atom stereocenters. The predicted molar refractivity (Wildman–Crippen MR) is 131 cm³/mol. The third kappa shape index (κ3) is 5.04. The molecule has 11 nitrogen and oxygen atoms in total. The van der Waals surface area contributed by atoms with E-state index in [4.69, 9.17) is 33.2 Å². The molecule has 3 aromatic rings. The fourth-order valence-electron chi connectivity index (χ4n) is 4.45. The number of fused-ring (bicyclic) bond motifs is 2. The number of aromatic nitrogens is 3. The molecule has 1 spiro atoms. The van der Waals surface area contributed by atoms with Gasteiger partial charge in [0, 0.05) is 30.3 Å². The molecule has 0 radical (unpaired) electrons. The Labute approximate surface area is 216 Å². The van der Waals surface area contributed by atoms with Crippen LogP contribution in [0.3, 0.4) is 0 Å². The summed E-state index contributed by atoms with van der Waals surface area (Å²) in [7, 11) is -1.44. The predicted octanol–water partition coefficient (Wildman–Crippen LogP) is 2.62. The minimum atomic E-state index is -1.44. The van der Waals surface area contributed by atoms with E-state index in [-0.39, 0.29) is 5.75 Å². The van der Waals surface area contributed by atoms with Gasteiger partial charge in [-0.05, 0) is 19.9 Å². The summed E-state index contributed by atoms with van der Waals surface area (Å²) >= 11 is 0. The minimum Gasteiger partial charge on any atom is -0.493 e. The molecule has 1 atom stereocenters. The normalized spacial score (nSPS) is 20.8. The molecular formula is C25H29N3O8S. The summed E-state index contributed by atoms with van der Waals surface area (Å²) < 4.78 is 53.5. The van der Waals surface area contributed by atoms with Gasteiger partial charge < -0.3 is 38.1 Å². The summed E-state index contributed by atoms with van der Waals surface area (Å²) in [6.45, 7) is 6.88. The monoisotopic (exact) mass is 531 g/mol. The van der Waals surface area contributed by atoms with Gasteiger partial charge in [0.15, 0.2) is 22.4 Å². The fraction of sp³-hybridized carbons (Fsp3) is 0.520. The molecule has 6 rings (SSSR count). The average molecular weight is 532 g/mol. The van der Waals surface area contributed by atoms with E-state index < -0.39 is 22.4 Å². The van der Waals surface area contributed by atoms with E-state index in [1.165, 1.54) is 0 Å². The molecule has 0 saturated carbocycles. The van der Waals surface area contributed by atoms with Crippen LogP contribution >= 0.6 is 0 Å². The van der Waals surface area contributed by atoms with Gasteiger partial charge in [-0.15, -0.1) is 0 Å². The lowest BCUT2D eigenvalue weighted by molar-refractivity contribution is -0.358. The number of H-pyrrole nitrogens is 1. The Bertz CT molecular complexity index is 1270. The maximum atomic E-state index is 13.2. The Morgan fingerprint density at radius 2 is 1.78 bits per heavy atom. The number of aromatic amines is 1. The van der Waals surface area contributed by atoms with Crippen LogP contribution in [-0.4, -0.2) is 77.0 Å². The van der Waals surface area contributed by atoms with Crippen LogP contribution in [0.1, 0.15) is 24.6 Å². The van der Waals surface area contributed by atoms with Crippen molar-refractivity contribution in [3.8, 4) is 17.2 Å². The van der Waals surface area contributed by atoms with E-state index in [9.17, 15) is 4.21 Å². The molecule has 3 aliphatic rings. The van der Waals surface area contributed by atoms with Crippen molar-refractivity contribution in [1.82, 2.24) is 15.0 Å². The summed E-state index contributed by atoms with van der Waals surface area (Å²) in [4.78, 5) is 12.1. The van der Waals surface area contributed by atoms with Gasteiger partial charge in [0.2, 0.25) is 5.79 Å². The minimum absolute atomic E-state index is 0.196. The second kappa shape index (κ2) is 9.84. The fourth-order valence-corrected chi connectivity index (χ4v) is 5.55. The Morgan fingerprint density at radius 1 is 1.05 bits per heavy atom. The van der Waals surface area contributed by atoms with Crippen molar-refractivity contribution in [2.75, 3.05) is 46.2 Å². The summed E-state index contributed by atoms with van der Waals surface area (Å²) in [5, 5.41) is 0.373. The summed E-state index contributed by atoms with van der Waals surface area (Å²) in [6, 6.07) is 5.42. The van der Waals surface area contributed by atoms with E-state index in [1.54, 1.807) is 18.3 Å². The van der Waals surface area contributed by atoms with Gasteiger partial charge >= 0.3 is 0 Å². The summed E-state index contributed by atoms with van der Waals surface area (Å²) in [6.07, 6.45) is 2.17. The van der Waals surface area contributed by atoms with Crippen molar-refractivity contribution < 1.29 is 37.4 Å². The van der Waals surface area contributed by atoms with E-state index >= 15 is 0 Å². The van der Waals surface area contributed by atoms with Crippen molar-refractivity contribution in [3.63, 3.8) is 0 Å². The second-order valence-electron chi connectivity index (χ2n) is 9.34. The van der Waals surface area contributed by atoms with Crippen LogP contribution < -0.4 is 14.2 Å². The van der Waals surface area contributed by atoms with Gasteiger partial charge in [-0.2, -0.15) is 0 Å². The molecule has 0 bridgehead atoms. The third-order valence-corrected chi connectivity index (χ3v) is 7.85. The molecule has 5 heterocycles. The van der Waals surface area contributed by atoms with Gasteiger partial charge in [-0.1, -0.05) is 0 Å². The largest absolute Gasteiger partial charge is 0.493 e. The highest BCUT2D eigenvalue weighted by atomic mass is 32.2. The molecule has 0 amide bonds. The zero-order valence-electron chi connectivity index (χ0n) is 20.7. The van der Waals surface area contributed by atoms with E-state index in [2.05, 4.69) is 15.0 Å². The molecule has 2 fully saturated rings. The van der Waals surface area contributed by atoms with Gasteiger partial charge in [-0.25, -0.2) is 4.98 Å². The lowest BCUT2D eigenvalue weighted by Gasteiger charge is -2.41. The second-order valence-corrected chi connectivity index (χ2v) is 10.7. The molecule has 2 aromatic heterocycles. The lowest BCUT2D eigenvalue weighted by Crippen LogP contribution is -2.53. The van der Waals surface area contributed by atoms with Crippen molar-refractivity contribution in [2.45, 2.75) is 42.8 Å². The molecule has 0 aliphatic carbocycles. The number of hydrogen-bond acceptors (Lipinski definition) is 10. The summed E-state index contributed by atoms with van der Waals surface area (Å²) in [5.74, 6) is 0.589. The highest BCUT2D eigenvalue weighted by Gasteiger charge is 2.46. The topological polar surface area (TPSA) is 123 Å². The molecule has 37 heavy (non-hydrogen) atoms. The smallest absolute Gasteiger partial charge is 0.216 e. The number of hydrogen-bond donors (Lipinski definition) is 1. The molecular weight excluding hydrogens is 502 g/mol. The maximum Gasteiger partial charge on any atom is 0.216 e. The first kappa shape index (κ1) is 24.6. The average Bonchev–Trinajstić information content (AvgIpc) is 3.54. The van der Waals surface area contributed by atoms with Crippen molar-refractivity contribution in [1.29, 1.82) is 0 Å². The van der Waals surface area contributed by atoms with E-state index in [0.717, 1.165) is 11.1 Å². The number of ether oxygens (including phenoxy) is 7. The van der Waals surface area contributed by atoms with E-state index in [0.29, 0.717) is 86.3 Å². The summed E-state index contributed by atoms with van der Waals surface area (Å²) in [5.41, 5.74) is 2.92. The van der Waals surface area contributed by atoms with Crippen LogP contribution in [0.4, 0.5) is 0 Å². The highest BCUT2D eigenvalue weighted by Crippen LogP contribution is 2.35. The lowest BCUT2D eigenvalue weighted by atomic mass is 10.2. The van der Waals surface area contributed by atoms with Crippen LogP contribution in [0.15, 0.2) is 29.6 Å². The number of pyridine rings is 1. The van der Waals surface area contributed by atoms with Crippen LogP contribution in [0.25, 0.3) is 11.0 Å². The molecule has 3 aliphatic heterocycles. The van der Waals surface area contributed by atoms with Gasteiger partial charge in [0.25, 0.3) is 0 Å². The zero-order chi connectivity index (χ0) is 25.5. The number of nitrogens with zero attached hydrogens (tertiary/aromatic N) is 2. The Kier molecular flexibility index (Phi) is 6.53. The maximum absolute atomic E-state index is 13.2. The Balaban J connectivity index is 1.08. The zero-order valence-corrected chi connectivity index (χ0v) is 21.6. The number of nitrogens with one attached hydrogen (secondary N) is 1. The quantitative estimate of drug-likeness (QED) is 0.487. The molecule has 12 heteroatoms. The number of imidazole rings is 1. The van der Waals surface area contributed by atoms with Crippen LogP contribution in [0.2, 0.25) is 0 Å². The third-order valence-electron chi connectivity index (χ3n) is 6.69. The number of benzene rings is 1. The molecule has 1 N–H and O–H groups in total. The van der Waals surface area contributed by atoms with Crippen molar-refractivity contribution >= 4 is 21.8 Å². The van der Waals surface area contributed by atoms with E-state index in [1.807, 2.05) is 19.9 Å². The van der Waals surface area contributed by atoms with Crippen molar-refractivity contribution in [3.05, 3.63) is 35.7 Å². The molecule has 1 aromatic carbocycles. The van der Waals surface area contributed by atoms with Crippen LogP contribution in [-0.2, 0) is 35.5 Å². The van der Waals surface area contributed by atoms with Crippen molar-refractivity contribution in [2.24, 2.45) is 0 Å². The standard InChI is InChI=1S/C25H29N3O8S/c1-16-19(13-37(29)23-27-17-11-21-22(12-18(17)28-23)32-8-7-31-21)26-5-3-20(16)30-6-4-24(2)35-14-25(15-36-24)33-9-10-34-25/h3,5,11-12H,4,6-10,13-15H2,1-2H3,(H,27,28). The van der Waals surface area contributed by atoms with Gasteiger partial charge in [-0.3, -0.25) is 9.19 Å². The van der Waals surface area contributed by atoms with Gasteiger partial charge in [0.1, 0.15) is 32.2 Å². The SMILES string of the molecule is Cc1c(OCCC2(C)OCC3(CO2)OCCO3)ccnc1CS(=O)c1nc2cc3c(cc2[nH]1)OCCO3. The molecule has 198 valence electrons. The van der Waals surface area contributed by atoms with Crippen LogP contribution in [0.5, 0.6) is 17.2 Å². The molecule has 2 saturated heterocycles. The first-order valence-electron chi connectivity index (χ1n) is 12.2. The first-order chi connectivity index (χ1) is 17.9. The van der Waals surface area contributed by atoms with Crippen LogP contribution in [0, 0.1) is 6.92 Å².